The lowest BCUT2D eigenvalue weighted by Gasteiger charge is -2.29. The van der Waals surface area contributed by atoms with Crippen molar-refractivity contribution in [1.82, 2.24) is 0 Å². The minimum Gasteiger partial charge on any atom is -0.374 e. The Morgan fingerprint density at radius 1 is 0.941 bits per heavy atom. The molecule has 0 bridgehead atoms. The van der Waals surface area contributed by atoms with Crippen LogP contribution < -0.4 is 0 Å². The predicted octanol–water partition coefficient (Wildman–Crippen LogP) is 4.72. The van der Waals surface area contributed by atoms with E-state index in [2.05, 4.69) is 65.8 Å². The Hall–Kier alpha value is -0.820. The van der Waals surface area contributed by atoms with Gasteiger partial charge in [0.1, 0.15) is 0 Å². The molecule has 1 heteroatoms. The maximum absolute atomic E-state index is 5.49. The Balaban J connectivity index is 2.97. The molecule has 0 spiro atoms. The number of rotatable bonds is 3. The van der Waals surface area contributed by atoms with E-state index in [4.69, 9.17) is 4.74 Å². The van der Waals surface area contributed by atoms with Crippen LogP contribution in [-0.2, 0) is 10.3 Å². The summed E-state index contributed by atoms with van der Waals surface area (Å²) in [7, 11) is 1.76. The van der Waals surface area contributed by atoms with Crippen molar-refractivity contribution in [2.24, 2.45) is 5.41 Å². The average Bonchev–Trinajstić information content (AvgIpc) is 2.27. The SMILES string of the molecule is COC(C)(C)c1ccc(C(C)C(C)(C)C)cc1. The van der Waals surface area contributed by atoms with Crippen LogP contribution >= 0.6 is 0 Å². The maximum Gasteiger partial charge on any atom is 0.0871 e. The van der Waals surface area contributed by atoms with E-state index in [9.17, 15) is 0 Å². The molecule has 1 nitrogen and oxygen atoms in total. The molecule has 0 saturated heterocycles. The van der Waals surface area contributed by atoms with Crippen molar-refractivity contribution < 1.29 is 4.74 Å². The number of ether oxygens (including phenoxy) is 1. The normalized spacial score (nSPS) is 14.8. The van der Waals surface area contributed by atoms with E-state index in [1.807, 2.05) is 0 Å². The van der Waals surface area contributed by atoms with Gasteiger partial charge in [-0.25, -0.2) is 0 Å². The van der Waals surface area contributed by atoms with Gasteiger partial charge in [-0.2, -0.15) is 0 Å². The van der Waals surface area contributed by atoms with Crippen molar-refractivity contribution in [2.75, 3.05) is 7.11 Å². The van der Waals surface area contributed by atoms with Gasteiger partial charge in [0.2, 0.25) is 0 Å². The summed E-state index contributed by atoms with van der Waals surface area (Å²) in [5.74, 6) is 0.558. The molecule has 96 valence electrons. The second-order valence-electron chi connectivity index (χ2n) is 6.42. The first-order valence-corrected chi connectivity index (χ1v) is 6.34. The number of methoxy groups -OCH3 is 1. The smallest absolute Gasteiger partial charge is 0.0871 e. The molecule has 17 heavy (non-hydrogen) atoms. The summed E-state index contributed by atoms with van der Waals surface area (Å²) < 4.78 is 5.49. The van der Waals surface area contributed by atoms with Crippen LogP contribution in [0.25, 0.3) is 0 Å². The van der Waals surface area contributed by atoms with E-state index in [0.29, 0.717) is 11.3 Å². The van der Waals surface area contributed by atoms with Gasteiger partial charge in [-0.15, -0.1) is 0 Å². The summed E-state index contributed by atoms with van der Waals surface area (Å²) in [6, 6.07) is 8.82. The molecule has 0 aliphatic rings. The van der Waals surface area contributed by atoms with E-state index in [1.54, 1.807) is 7.11 Å². The van der Waals surface area contributed by atoms with E-state index in [0.717, 1.165) is 0 Å². The molecule has 0 aliphatic carbocycles. The second kappa shape index (κ2) is 4.81. The second-order valence-corrected chi connectivity index (χ2v) is 6.42. The van der Waals surface area contributed by atoms with Gasteiger partial charge in [-0.3, -0.25) is 0 Å². The largest absolute Gasteiger partial charge is 0.374 e. The van der Waals surface area contributed by atoms with Crippen molar-refractivity contribution in [1.29, 1.82) is 0 Å². The molecular weight excluding hydrogens is 208 g/mol. The molecule has 1 aromatic carbocycles. The Morgan fingerprint density at radius 2 is 1.41 bits per heavy atom. The monoisotopic (exact) mass is 234 g/mol. The van der Waals surface area contributed by atoms with E-state index in [-0.39, 0.29) is 5.60 Å². The zero-order chi connectivity index (χ0) is 13.3. The lowest BCUT2D eigenvalue weighted by atomic mass is 9.77. The highest BCUT2D eigenvalue weighted by atomic mass is 16.5. The van der Waals surface area contributed by atoms with E-state index < -0.39 is 0 Å². The van der Waals surface area contributed by atoms with Crippen molar-refractivity contribution >= 4 is 0 Å². The van der Waals surface area contributed by atoms with Crippen molar-refractivity contribution in [2.45, 2.75) is 53.1 Å². The highest BCUT2D eigenvalue weighted by Crippen LogP contribution is 2.35. The fourth-order valence-electron chi connectivity index (χ4n) is 1.79. The fourth-order valence-corrected chi connectivity index (χ4v) is 1.79. The first kappa shape index (κ1) is 14.2. The number of hydrogen-bond acceptors (Lipinski definition) is 1. The quantitative estimate of drug-likeness (QED) is 0.735. The summed E-state index contributed by atoms with van der Waals surface area (Å²) >= 11 is 0. The van der Waals surface area contributed by atoms with Crippen molar-refractivity contribution in [3.8, 4) is 0 Å². The molecule has 1 aromatic rings. The molecule has 0 N–H and O–H groups in total. The first-order valence-electron chi connectivity index (χ1n) is 6.34. The topological polar surface area (TPSA) is 9.23 Å². The van der Waals surface area contributed by atoms with Crippen LogP contribution in [0.2, 0.25) is 0 Å². The van der Waals surface area contributed by atoms with Gasteiger partial charge in [0.25, 0.3) is 0 Å². The van der Waals surface area contributed by atoms with Crippen LogP contribution in [0.5, 0.6) is 0 Å². The molecule has 0 fully saturated rings. The van der Waals surface area contributed by atoms with Gasteiger partial charge < -0.3 is 4.74 Å². The van der Waals surface area contributed by atoms with E-state index >= 15 is 0 Å². The Kier molecular flexibility index (Phi) is 4.03. The Bertz CT molecular complexity index is 354. The van der Waals surface area contributed by atoms with Crippen molar-refractivity contribution in [3.05, 3.63) is 35.4 Å². The summed E-state index contributed by atoms with van der Waals surface area (Å²) in [5.41, 5.74) is 2.72. The standard InChI is InChI=1S/C16H26O/c1-12(15(2,3)4)13-8-10-14(11-9-13)16(5,6)17-7/h8-12H,1-7H3. The molecular formula is C16H26O. The summed E-state index contributed by atoms with van der Waals surface area (Å²) in [6.07, 6.45) is 0. The lowest BCUT2D eigenvalue weighted by molar-refractivity contribution is 0.0192. The molecule has 0 amide bonds. The van der Waals surface area contributed by atoms with Crippen LogP contribution in [0.15, 0.2) is 24.3 Å². The molecule has 0 aliphatic heterocycles. The van der Waals surface area contributed by atoms with Gasteiger partial charge in [0, 0.05) is 7.11 Å². The first-order chi connectivity index (χ1) is 7.68. The average molecular weight is 234 g/mol. The van der Waals surface area contributed by atoms with Crippen molar-refractivity contribution in [3.63, 3.8) is 0 Å². The van der Waals surface area contributed by atoms with Gasteiger partial charge >= 0.3 is 0 Å². The zero-order valence-electron chi connectivity index (χ0n) is 12.3. The molecule has 1 rings (SSSR count). The zero-order valence-corrected chi connectivity index (χ0v) is 12.3. The van der Waals surface area contributed by atoms with Crippen LogP contribution in [0, 0.1) is 5.41 Å². The Morgan fingerprint density at radius 3 is 1.76 bits per heavy atom. The highest BCUT2D eigenvalue weighted by molar-refractivity contribution is 5.29. The third-order valence-corrected chi connectivity index (χ3v) is 3.92. The summed E-state index contributed by atoms with van der Waals surface area (Å²) in [6.45, 7) is 13.3. The minimum atomic E-state index is -0.205. The van der Waals surface area contributed by atoms with Gasteiger partial charge in [-0.1, -0.05) is 52.0 Å². The fraction of sp³-hybridized carbons (Fsp3) is 0.625. The molecule has 0 saturated carbocycles. The molecule has 0 radical (unpaired) electrons. The molecule has 1 unspecified atom stereocenters. The molecule has 0 heterocycles. The lowest BCUT2D eigenvalue weighted by Crippen LogP contribution is -2.20. The highest BCUT2D eigenvalue weighted by Gasteiger charge is 2.23. The van der Waals surface area contributed by atoms with Gasteiger partial charge in [-0.05, 0) is 36.3 Å². The molecule has 0 aromatic heterocycles. The van der Waals surface area contributed by atoms with Crippen LogP contribution in [0.4, 0.5) is 0 Å². The molecule has 1 atom stereocenters. The Labute approximate surface area is 106 Å². The van der Waals surface area contributed by atoms with Gasteiger partial charge in [0.15, 0.2) is 0 Å². The number of hydrogen-bond donors (Lipinski definition) is 0. The summed E-state index contributed by atoms with van der Waals surface area (Å²) in [4.78, 5) is 0. The van der Waals surface area contributed by atoms with Crippen LogP contribution in [0.3, 0.4) is 0 Å². The maximum atomic E-state index is 5.49. The minimum absolute atomic E-state index is 0.205. The summed E-state index contributed by atoms with van der Waals surface area (Å²) in [5, 5.41) is 0. The predicted molar refractivity (Wildman–Crippen MR) is 74.3 cm³/mol. The third kappa shape index (κ3) is 3.32. The van der Waals surface area contributed by atoms with Gasteiger partial charge in [0.05, 0.1) is 5.60 Å². The van der Waals surface area contributed by atoms with Crippen LogP contribution in [-0.4, -0.2) is 7.11 Å². The van der Waals surface area contributed by atoms with E-state index in [1.165, 1.54) is 11.1 Å². The third-order valence-electron chi connectivity index (χ3n) is 3.92. The van der Waals surface area contributed by atoms with Crippen LogP contribution in [0.1, 0.15) is 58.6 Å². The number of benzene rings is 1.